The van der Waals surface area contributed by atoms with Crippen LogP contribution in [0.5, 0.6) is 0 Å². The van der Waals surface area contributed by atoms with Crippen LogP contribution in [0.15, 0.2) is 48.2 Å². The quantitative estimate of drug-likeness (QED) is 0.561. The first-order chi connectivity index (χ1) is 7.11. The third-order valence-electron chi connectivity index (χ3n) is 1.64. The summed E-state index contributed by atoms with van der Waals surface area (Å²) >= 11 is 0. The van der Waals surface area contributed by atoms with Crippen molar-refractivity contribution in [3.8, 4) is 0 Å². The van der Waals surface area contributed by atoms with E-state index in [4.69, 9.17) is 5.73 Å². The van der Waals surface area contributed by atoms with E-state index in [2.05, 4.69) is 0 Å². The van der Waals surface area contributed by atoms with Crippen molar-refractivity contribution in [3.63, 3.8) is 0 Å². The lowest BCUT2D eigenvalue weighted by Crippen LogP contribution is -2.18. The molecule has 3 heteroatoms. The Labute approximate surface area is 91.3 Å². The van der Waals surface area contributed by atoms with E-state index < -0.39 is 0 Å². The van der Waals surface area contributed by atoms with E-state index >= 15 is 0 Å². The van der Waals surface area contributed by atoms with Gasteiger partial charge in [-0.25, -0.2) is 0 Å². The number of carbonyl (C=O) groups excluding carboxylic acids is 1. The summed E-state index contributed by atoms with van der Waals surface area (Å²) in [6, 6.07) is 0. The van der Waals surface area contributed by atoms with Gasteiger partial charge in [-0.1, -0.05) is 24.3 Å². The Hall–Kier alpha value is -1.77. The summed E-state index contributed by atoms with van der Waals surface area (Å²) in [6.07, 6.45) is 12.1. The minimum Gasteiger partial charge on any atom is -0.404 e. The Kier molecular flexibility index (Phi) is 6.72. The molecule has 0 aromatic heterocycles. The molecular formula is C12H18N2O. The second kappa shape index (κ2) is 7.62. The summed E-state index contributed by atoms with van der Waals surface area (Å²) in [5.74, 6) is -0.0613. The lowest BCUT2D eigenvalue weighted by atomic mass is 10.2. The highest BCUT2D eigenvalue weighted by Gasteiger charge is 1.96. The molecule has 0 atom stereocenters. The monoisotopic (exact) mass is 206 g/mol. The normalized spacial score (nSPS) is 13.1. The lowest BCUT2D eigenvalue weighted by Gasteiger charge is -2.04. The van der Waals surface area contributed by atoms with Crippen molar-refractivity contribution < 1.29 is 4.79 Å². The Morgan fingerprint density at radius 3 is 2.27 bits per heavy atom. The van der Waals surface area contributed by atoms with Crippen LogP contribution in [0.2, 0.25) is 0 Å². The summed E-state index contributed by atoms with van der Waals surface area (Å²) in [7, 11) is 3.41. The highest BCUT2D eigenvalue weighted by atomic mass is 16.2. The van der Waals surface area contributed by atoms with Gasteiger partial charge in [0.1, 0.15) is 0 Å². The molecule has 0 unspecified atom stereocenters. The van der Waals surface area contributed by atoms with E-state index in [1.54, 1.807) is 20.2 Å². The predicted octanol–water partition coefficient (Wildman–Crippen LogP) is 1.61. The minimum absolute atomic E-state index is 0.0613. The maximum atomic E-state index is 11.2. The molecule has 0 aliphatic rings. The molecule has 82 valence electrons. The summed E-state index contributed by atoms with van der Waals surface area (Å²) in [6.45, 7) is 1.93. The molecule has 1 amide bonds. The molecule has 2 N–H and O–H groups in total. The van der Waals surface area contributed by atoms with Gasteiger partial charge >= 0.3 is 0 Å². The fourth-order valence-corrected chi connectivity index (χ4v) is 0.761. The number of carbonyl (C=O) groups is 1. The molecule has 0 radical (unpaired) electrons. The Balaban J connectivity index is 4.42. The van der Waals surface area contributed by atoms with Gasteiger partial charge in [-0.3, -0.25) is 4.79 Å². The van der Waals surface area contributed by atoms with E-state index in [1.807, 2.05) is 31.2 Å². The standard InChI is InChI=1S/C12H18N2O/c1-4-5-6-7-11(10-13)8-9-12(15)14(2)3/h4-10H,13H2,1-3H3/b5-4+,7-6-,9-8+,11-10+. The van der Waals surface area contributed by atoms with Crippen molar-refractivity contribution in [2.75, 3.05) is 14.1 Å². The van der Waals surface area contributed by atoms with Gasteiger partial charge in [0.2, 0.25) is 5.91 Å². The fourth-order valence-electron chi connectivity index (χ4n) is 0.761. The van der Waals surface area contributed by atoms with Crippen LogP contribution in [0.3, 0.4) is 0 Å². The smallest absolute Gasteiger partial charge is 0.246 e. The van der Waals surface area contributed by atoms with Crippen molar-refractivity contribution in [1.29, 1.82) is 0 Å². The van der Waals surface area contributed by atoms with Crippen LogP contribution in [0.1, 0.15) is 6.92 Å². The molecule has 15 heavy (non-hydrogen) atoms. The van der Waals surface area contributed by atoms with Gasteiger partial charge in [-0.2, -0.15) is 0 Å². The molecule has 0 aromatic carbocycles. The second-order valence-corrected chi connectivity index (χ2v) is 3.12. The summed E-state index contributed by atoms with van der Waals surface area (Å²) in [5, 5.41) is 0. The van der Waals surface area contributed by atoms with Crippen LogP contribution in [-0.4, -0.2) is 24.9 Å². The first kappa shape index (κ1) is 13.2. The van der Waals surface area contributed by atoms with Gasteiger partial charge < -0.3 is 10.6 Å². The predicted molar refractivity (Wildman–Crippen MR) is 64.1 cm³/mol. The first-order valence-corrected chi connectivity index (χ1v) is 4.72. The highest BCUT2D eigenvalue weighted by Crippen LogP contribution is 1.98. The highest BCUT2D eigenvalue weighted by molar-refractivity contribution is 5.87. The Morgan fingerprint density at radius 1 is 1.13 bits per heavy atom. The van der Waals surface area contributed by atoms with Gasteiger partial charge in [0.05, 0.1) is 0 Å². The van der Waals surface area contributed by atoms with Crippen LogP contribution in [0, 0.1) is 0 Å². The average Bonchev–Trinajstić information content (AvgIpc) is 2.22. The zero-order valence-corrected chi connectivity index (χ0v) is 9.47. The van der Waals surface area contributed by atoms with E-state index in [0.29, 0.717) is 0 Å². The molecule has 0 aliphatic carbocycles. The Bertz CT molecular complexity index is 310. The zero-order chi connectivity index (χ0) is 11.7. The molecule has 0 saturated carbocycles. The number of hydrogen-bond donors (Lipinski definition) is 1. The van der Waals surface area contributed by atoms with Crippen molar-refractivity contribution in [1.82, 2.24) is 4.90 Å². The van der Waals surface area contributed by atoms with E-state index in [0.717, 1.165) is 5.57 Å². The maximum Gasteiger partial charge on any atom is 0.246 e. The van der Waals surface area contributed by atoms with E-state index in [9.17, 15) is 4.79 Å². The maximum absolute atomic E-state index is 11.2. The van der Waals surface area contributed by atoms with Gasteiger partial charge in [0.15, 0.2) is 0 Å². The SMILES string of the molecule is C/C=C/C=C\C(\C=C\C(=O)N(C)C)=C/N. The second-order valence-electron chi connectivity index (χ2n) is 3.12. The molecule has 0 fully saturated rings. The third kappa shape index (κ3) is 6.32. The van der Waals surface area contributed by atoms with Crippen LogP contribution in [0.25, 0.3) is 0 Å². The number of rotatable bonds is 4. The number of hydrogen-bond acceptors (Lipinski definition) is 2. The fraction of sp³-hybridized carbons (Fsp3) is 0.250. The molecule has 0 rings (SSSR count). The average molecular weight is 206 g/mol. The van der Waals surface area contributed by atoms with Gasteiger partial charge in [0.25, 0.3) is 0 Å². The first-order valence-electron chi connectivity index (χ1n) is 4.72. The number of amides is 1. The summed E-state index contributed by atoms with van der Waals surface area (Å²) in [4.78, 5) is 12.7. The summed E-state index contributed by atoms with van der Waals surface area (Å²) < 4.78 is 0. The third-order valence-corrected chi connectivity index (χ3v) is 1.64. The molecule has 0 saturated heterocycles. The van der Waals surface area contributed by atoms with Gasteiger partial charge in [0, 0.05) is 26.4 Å². The van der Waals surface area contributed by atoms with Crippen LogP contribution >= 0.6 is 0 Å². The molecule has 0 bridgehead atoms. The number of allylic oxidation sites excluding steroid dienone is 6. The Morgan fingerprint density at radius 2 is 1.80 bits per heavy atom. The van der Waals surface area contributed by atoms with Crippen LogP contribution in [-0.2, 0) is 4.79 Å². The molecule has 0 aliphatic heterocycles. The molecule has 0 heterocycles. The molecule has 0 spiro atoms. The molecule has 0 aromatic rings. The molecular weight excluding hydrogens is 188 g/mol. The van der Waals surface area contributed by atoms with Crippen molar-refractivity contribution in [2.24, 2.45) is 5.73 Å². The van der Waals surface area contributed by atoms with E-state index in [-0.39, 0.29) is 5.91 Å². The minimum atomic E-state index is -0.0613. The van der Waals surface area contributed by atoms with Gasteiger partial charge in [-0.15, -0.1) is 0 Å². The van der Waals surface area contributed by atoms with Crippen molar-refractivity contribution in [3.05, 3.63) is 48.2 Å². The van der Waals surface area contributed by atoms with Gasteiger partial charge in [-0.05, 0) is 18.6 Å². The topological polar surface area (TPSA) is 46.3 Å². The largest absolute Gasteiger partial charge is 0.404 e. The zero-order valence-electron chi connectivity index (χ0n) is 9.47. The number of nitrogens with two attached hydrogens (primary N) is 1. The van der Waals surface area contributed by atoms with Crippen LogP contribution in [0.4, 0.5) is 0 Å². The molecule has 3 nitrogen and oxygen atoms in total. The van der Waals surface area contributed by atoms with E-state index in [1.165, 1.54) is 17.2 Å². The number of nitrogens with zero attached hydrogens (tertiary/aromatic N) is 1. The van der Waals surface area contributed by atoms with Crippen LogP contribution < -0.4 is 5.73 Å². The number of likely N-dealkylation sites (N-methyl/N-ethyl adjacent to an activating group) is 1. The lowest BCUT2D eigenvalue weighted by molar-refractivity contribution is -0.123. The van der Waals surface area contributed by atoms with Crippen molar-refractivity contribution in [2.45, 2.75) is 6.92 Å². The van der Waals surface area contributed by atoms with Crippen molar-refractivity contribution >= 4 is 5.91 Å². The summed E-state index contributed by atoms with van der Waals surface area (Å²) in [5.41, 5.74) is 6.20.